The average Bonchev–Trinajstić information content (AvgIpc) is 3.04. The smallest absolute Gasteiger partial charge is 0.413 e. The molecule has 2 amide bonds. The van der Waals surface area contributed by atoms with Crippen LogP contribution >= 0.6 is 0 Å². The molecular weight excluding hydrogens is 400 g/mol. The number of ether oxygens (including phenoxy) is 3. The first-order chi connectivity index (χ1) is 14.0. The Balaban J connectivity index is 2.47. The molecule has 2 saturated heterocycles. The van der Waals surface area contributed by atoms with Crippen LogP contribution in [0.1, 0.15) is 40.5 Å². The van der Waals surface area contributed by atoms with Crippen LogP contribution in [0.4, 0.5) is 4.79 Å². The Kier molecular flexibility index (Phi) is 7.06. The molecule has 0 spiro atoms. The van der Waals surface area contributed by atoms with Gasteiger partial charge in [-0.3, -0.25) is 14.5 Å². The highest BCUT2D eigenvalue weighted by Crippen LogP contribution is 2.38. The van der Waals surface area contributed by atoms with Gasteiger partial charge in [-0.2, -0.15) is 0 Å². The normalized spacial score (nSPS) is 28.6. The first-order valence-corrected chi connectivity index (χ1v) is 9.67. The van der Waals surface area contributed by atoms with E-state index in [1.807, 2.05) is 0 Å². The number of rotatable bonds is 5. The summed E-state index contributed by atoms with van der Waals surface area (Å²) in [6.07, 6.45) is -2.69. The van der Waals surface area contributed by atoms with E-state index in [-0.39, 0.29) is 13.0 Å². The molecule has 0 aliphatic carbocycles. The van der Waals surface area contributed by atoms with Crippen LogP contribution in [0, 0.1) is 5.92 Å². The summed E-state index contributed by atoms with van der Waals surface area (Å²) < 4.78 is 14.9. The van der Waals surface area contributed by atoms with Crippen molar-refractivity contribution in [3.63, 3.8) is 0 Å². The number of amides is 2. The molecule has 1 N–H and O–H groups in total. The highest BCUT2D eigenvalue weighted by molar-refractivity contribution is 5.95. The third kappa shape index (κ3) is 4.55. The average molecular weight is 428 g/mol. The van der Waals surface area contributed by atoms with E-state index in [1.165, 1.54) is 0 Å². The van der Waals surface area contributed by atoms with E-state index in [4.69, 9.17) is 9.47 Å². The molecule has 0 saturated carbocycles. The topological polar surface area (TPSA) is 140 Å². The van der Waals surface area contributed by atoms with Gasteiger partial charge in [0, 0.05) is 5.92 Å². The maximum absolute atomic E-state index is 13.3. The molecule has 1 unspecified atom stereocenters. The molecule has 2 rings (SSSR count). The van der Waals surface area contributed by atoms with E-state index in [9.17, 15) is 29.1 Å². The number of methoxy groups -OCH3 is 1. The molecule has 11 nitrogen and oxygen atoms in total. The lowest BCUT2D eigenvalue weighted by Crippen LogP contribution is -2.69. The summed E-state index contributed by atoms with van der Waals surface area (Å²) in [5, 5.41) is 10.9. The molecule has 2 fully saturated rings. The number of esters is 2. The second-order valence-electron chi connectivity index (χ2n) is 8.14. The molecule has 0 aromatic rings. The SMILES string of the molecule is CCOC(=O)[C@@H]1[C@@H](C=O)C[C@H]2[C@@H](O)N(C(=O)OC(C)(C)C)C(CC(=O)OC)C(=O)N12. The van der Waals surface area contributed by atoms with Gasteiger partial charge in [0.05, 0.1) is 26.2 Å². The van der Waals surface area contributed by atoms with E-state index >= 15 is 0 Å². The second kappa shape index (κ2) is 8.99. The van der Waals surface area contributed by atoms with Crippen molar-refractivity contribution in [1.82, 2.24) is 9.80 Å². The van der Waals surface area contributed by atoms with Crippen LogP contribution < -0.4 is 0 Å². The van der Waals surface area contributed by atoms with Gasteiger partial charge < -0.3 is 29.0 Å². The summed E-state index contributed by atoms with van der Waals surface area (Å²) in [5.41, 5.74) is -0.929. The van der Waals surface area contributed by atoms with E-state index < -0.39 is 66.2 Å². The van der Waals surface area contributed by atoms with Crippen molar-refractivity contribution in [2.24, 2.45) is 5.92 Å². The molecule has 168 valence electrons. The maximum Gasteiger partial charge on any atom is 0.413 e. The van der Waals surface area contributed by atoms with Crippen LogP contribution in [0.3, 0.4) is 0 Å². The van der Waals surface area contributed by atoms with Gasteiger partial charge in [0.1, 0.15) is 24.0 Å². The Morgan fingerprint density at radius 2 is 1.90 bits per heavy atom. The Bertz CT molecular complexity index is 717. The molecular formula is C19H28N2O9. The van der Waals surface area contributed by atoms with Gasteiger partial charge in [-0.05, 0) is 34.1 Å². The van der Waals surface area contributed by atoms with Crippen molar-refractivity contribution in [3.8, 4) is 0 Å². The Labute approximate surface area is 174 Å². The van der Waals surface area contributed by atoms with E-state index in [0.29, 0.717) is 6.29 Å². The van der Waals surface area contributed by atoms with Crippen molar-refractivity contribution in [2.75, 3.05) is 13.7 Å². The predicted molar refractivity (Wildman–Crippen MR) is 99.7 cm³/mol. The minimum Gasteiger partial charge on any atom is -0.469 e. The fourth-order valence-corrected chi connectivity index (χ4v) is 3.78. The lowest BCUT2D eigenvalue weighted by Gasteiger charge is -2.46. The van der Waals surface area contributed by atoms with Gasteiger partial charge in [-0.1, -0.05) is 0 Å². The number of fused-ring (bicyclic) bond motifs is 1. The molecule has 0 radical (unpaired) electrons. The van der Waals surface area contributed by atoms with Crippen LogP contribution in [0.15, 0.2) is 0 Å². The number of hydrogen-bond acceptors (Lipinski definition) is 9. The second-order valence-corrected chi connectivity index (χ2v) is 8.14. The van der Waals surface area contributed by atoms with Gasteiger partial charge in [-0.15, -0.1) is 0 Å². The van der Waals surface area contributed by atoms with Crippen LogP contribution in [0.2, 0.25) is 0 Å². The highest BCUT2D eigenvalue weighted by atomic mass is 16.6. The monoisotopic (exact) mass is 428 g/mol. The quantitative estimate of drug-likeness (QED) is 0.359. The Hall–Kier alpha value is -2.69. The molecule has 0 bridgehead atoms. The van der Waals surface area contributed by atoms with Gasteiger partial charge in [-0.25, -0.2) is 9.59 Å². The molecule has 0 aromatic carbocycles. The van der Waals surface area contributed by atoms with E-state index in [0.717, 1.165) is 16.9 Å². The van der Waals surface area contributed by atoms with Crippen LogP contribution in [-0.2, 0) is 33.4 Å². The number of aliphatic hydroxyl groups excluding tert-OH is 1. The summed E-state index contributed by atoms with van der Waals surface area (Å²) in [6.45, 7) is 6.45. The molecule has 2 aliphatic rings. The fourth-order valence-electron chi connectivity index (χ4n) is 3.78. The minimum atomic E-state index is -1.60. The van der Waals surface area contributed by atoms with Crippen molar-refractivity contribution >= 4 is 30.2 Å². The standard InChI is InChI=1S/C19H28N2O9/c1-6-29-17(26)14-10(9-22)7-11-16(25)21(18(27)30-19(2,3)4)12(8-13(23)28-5)15(24)20(11)14/h9-12,14,16,25H,6-8H2,1-5H3/t10-,11+,12?,14+,16-/m1/s1. The van der Waals surface area contributed by atoms with Gasteiger partial charge in [0.2, 0.25) is 5.91 Å². The van der Waals surface area contributed by atoms with E-state index in [1.54, 1.807) is 27.7 Å². The number of piperazine rings is 1. The zero-order valence-electron chi connectivity index (χ0n) is 17.7. The molecule has 2 heterocycles. The van der Waals surface area contributed by atoms with Gasteiger partial charge in [0.15, 0.2) is 6.23 Å². The number of carbonyl (C=O) groups excluding carboxylic acids is 5. The molecule has 5 atom stereocenters. The van der Waals surface area contributed by atoms with Gasteiger partial charge >= 0.3 is 18.0 Å². The minimum absolute atomic E-state index is 0.0335. The lowest BCUT2D eigenvalue weighted by atomic mass is 9.99. The Morgan fingerprint density at radius 3 is 2.40 bits per heavy atom. The predicted octanol–water partition coefficient (Wildman–Crippen LogP) is -0.165. The van der Waals surface area contributed by atoms with Crippen molar-refractivity contribution in [2.45, 2.75) is 70.5 Å². The summed E-state index contributed by atoms with van der Waals surface area (Å²) in [6, 6.07) is -3.76. The van der Waals surface area contributed by atoms with Crippen molar-refractivity contribution in [1.29, 1.82) is 0 Å². The fraction of sp³-hybridized carbons (Fsp3) is 0.737. The number of carbonyl (C=O) groups is 5. The van der Waals surface area contributed by atoms with Crippen LogP contribution in [0.5, 0.6) is 0 Å². The molecule has 2 aliphatic heterocycles. The molecule has 0 aromatic heterocycles. The number of aldehydes is 1. The highest BCUT2D eigenvalue weighted by Gasteiger charge is 2.59. The third-order valence-corrected chi connectivity index (χ3v) is 4.98. The van der Waals surface area contributed by atoms with Crippen molar-refractivity contribution in [3.05, 3.63) is 0 Å². The Morgan fingerprint density at radius 1 is 1.27 bits per heavy atom. The van der Waals surface area contributed by atoms with E-state index in [2.05, 4.69) is 4.74 Å². The number of nitrogens with zero attached hydrogens (tertiary/aromatic N) is 2. The van der Waals surface area contributed by atoms with Crippen LogP contribution in [-0.4, -0.2) is 88.8 Å². The first kappa shape index (κ1) is 23.6. The molecule has 11 heteroatoms. The number of aliphatic hydroxyl groups is 1. The third-order valence-electron chi connectivity index (χ3n) is 4.98. The zero-order chi connectivity index (χ0) is 22.8. The summed E-state index contributed by atoms with van der Waals surface area (Å²) >= 11 is 0. The lowest BCUT2D eigenvalue weighted by molar-refractivity contribution is -0.175. The number of hydrogen-bond donors (Lipinski definition) is 1. The summed E-state index contributed by atoms with van der Waals surface area (Å²) in [7, 11) is 1.12. The summed E-state index contributed by atoms with van der Waals surface area (Å²) in [5.74, 6) is -3.29. The molecule has 30 heavy (non-hydrogen) atoms. The first-order valence-electron chi connectivity index (χ1n) is 9.67. The largest absolute Gasteiger partial charge is 0.469 e. The van der Waals surface area contributed by atoms with Gasteiger partial charge in [0.25, 0.3) is 0 Å². The van der Waals surface area contributed by atoms with Crippen LogP contribution in [0.25, 0.3) is 0 Å². The summed E-state index contributed by atoms with van der Waals surface area (Å²) in [4.78, 5) is 63.9. The van der Waals surface area contributed by atoms with Crippen molar-refractivity contribution < 1.29 is 43.3 Å². The zero-order valence-corrected chi connectivity index (χ0v) is 17.7. The maximum atomic E-state index is 13.3.